The Morgan fingerprint density at radius 3 is 3.00 bits per heavy atom. The number of halogens is 1. The summed E-state index contributed by atoms with van der Waals surface area (Å²) in [7, 11) is 0. The molecule has 2 rings (SSSR count). The minimum atomic E-state index is -0.430. The summed E-state index contributed by atoms with van der Waals surface area (Å²) in [5.74, 6) is -0.222. The van der Waals surface area contributed by atoms with E-state index in [9.17, 15) is 9.59 Å². The van der Waals surface area contributed by atoms with Crippen LogP contribution in [0.5, 0.6) is 0 Å². The molecule has 1 fully saturated rings. The average molecular weight is 318 g/mol. The first-order chi connectivity index (χ1) is 9.60. The molecule has 1 N–H and O–H groups in total. The lowest BCUT2D eigenvalue weighted by Crippen LogP contribution is -2.21. The third-order valence-corrected chi connectivity index (χ3v) is 4.29. The van der Waals surface area contributed by atoms with E-state index < -0.39 is 6.09 Å². The molecule has 1 amide bonds. The van der Waals surface area contributed by atoms with Gasteiger partial charge in [-0.15, -0.1) is 11.3 Å². The van der Waals surface area contributed by atoms with Crippen LogP contribution >= 0.6 is 22.9 Å². The van der Waals surface area contributed by atoms with Gasteiger partial charge in [0.05, 0.1) is 10.9 Å². The van der Waals surface area contributed by atoms with Crippen molar-refractivity contribution in [3.63, 3.8) is 0 Å². The Hall–Kier alpha value is -1.27. The minimum absolute atomic E-state index is 0.192. The zero-order chi connectivity index (χ0) is 14.5. The van der Waals surface area contributed by atoms with E-state index in [1.165, 1.54) is 11.3 Å². The Morgan fingerprint density at radius 2 is 2.35 bits per heavy atom. The number of carbonyl (C=O) groups is 2. The molecule has 0 spiro atoms. The zero-order valence-electron chi connectivity index (χ0n) is 11.1. The summed E-state index contributed by atoms with van der Waals surface area (Å²) < 4.78 is 10.8. The molecule has 2 atom stereocenters. The van der Waals surface area contributed by atoms with Gasteiger partial charge in [-0.3, -0.25) is 4.79 Å². The number of carbonyl (C=O) groups excluding carboxylic acids is 2. The standard InChI is InChI=1S/C13H16ClNO4S/c1-2-18-11(16)5-3-4-8-12(15-13(17)19-8)9-6-7-10(14)20-9/h6-8,12H,2-5H2,1H3,(H,15,17). The molecular weight excluding hydrogens is 302 g/mol. The lowest BCUT2D eigenvalue weighted by molar-refractivity contribution is -0.143. The number of thiophene rings is 1. The molecule has 0 bridgehead atoms. The molecule has 110 valence electrons. The summed E-state index contributed by atoms with van der Waals surface area (Å²) >= 11 is 7.33. The Bertz CT molecular complexity index is 490. The molecular formula is C13H16ClNO4S. The summed E-state index contributed by atoms with van der Waals surface area (Å²) in [6, 6.07) is 3.48. The van der Waals surface area contributed by atoms with E-state index >= 15 is 0 Å². The molecule has 0 radical (unpaired) electrons. The van der Waals surface area contributed by atoms with Crippen LogP contribution in [0, 0.1) is 0 Å². The van der Waals surface area contributed by atoms with E-state index in [-0.39, 0.29) is 18.1 Å². The third kappa shape index (κ3) is 3.86. The molecule has 20 heavy (non-hydrogen) atoms. The molecule has 0 saturated carbocycles. The van der Waals surface area contributed by atoms with Crippen LogP contribution in [-0.2, 0) is 14.3 Å². The summed E-state index contributed by atoms with van der Waals surface area (Å²) in [5, 5.41) is 2.77. The smallest absolute Gasteiger partial charge is 0.408 e. The highest BCUT2D eigenvalue weighted by Crippen LogP contribution is 2.34. The predicted molar refractivity (Wildman–Crippen MR) is 76.0 cm³/mol. The molecule has 0 aromatic carbocycles. The van der Waals surface area contributed by atoms with E-state index in [0.29, 0.717) is 30.2 Å². The number of hydrogen-bond acceptors (Lipinski definition) is 5. The Kier molecular flexibility index (Phi) is 5.25. The number of rotatable bonds is 6. The van der Waals surface area contributed by atoms with Gasteiger partial charge < -0.3 is 14.8 Å². The van der Waals surface area contributed by atoms with E-state index in [4.69, 9.17) is 21.1 Å². The minimum Gasteiger partial charge on any atom is -0.466 e. The molecule has 1 aliphatic rings. The van der Waals surface area contributed by atoms with Crippen LogP contribution in [0.25, 0.3) is 0 Å². The number of alkyl carbamates (subject to hydrolysis) is 1. The molecule has 1 aliphatic heterocycles. The lowest BCUT2D eigenvalue weighted by atomic mass is 10.0. The quantitative estimate of drug-likeness (QED) is 0.818. The van der Waals surface area contributed by atoms with Gasteiger partial charge in [-0.1, -0.05) is 11.6 Å². The van der Waals surface area contributed by atoms with Crippen molar-refractivity contribution in [3.8, 4) is 0 Å². The van der Waals surface area contributed by atoms with Gasteiger partial charge in [-0.2, -0.15) is 0 Å². The molecule has 1 aromatic heterocycles. The lowest BCUT2D eigenvalue weighted by Gasteiger charge is -2.15. The predicted octanol–water partition coefficient (Wildman–Crippen LogP) is 3.28. The number of esters is 1. The van der Waals surface area contributed by atoms with Gasteiger partial charge in [0.15, 0.2) is 0 Å². The number of ether oxygens (including phenoxy) is 2. The summed E-state index contributed by atoms with van der Waals surface area (Å²) in [6.07, 6.45) is 0.860. The Balaban J connectivity index is 1.89. The second-order valence-electron chi connectivity index (χ2n) is 4.40. The summed E-state index contributed by atoms with van der Waals surface area (Å²) in [4.78, 5) is 23.6. The van der Waals surface area contributed by atoms with Crippen molar-refractivity contribution >= 4 is 35.0 Å². The van der Waals surface area contributed by atoms with E-state index in [1.54, 1.807) is 13.0 Å². The van der Waals surface area contributed by atoms with Gasteiger partial charge in [0.25, 0.3) is 0 Å². The van der Waals surface area contributed by atoms with Crippen LogP contribution in [0.4, 0.5) is 4.79 Å². The Morgan fingerprint density at radius 1 is 1.55 bits per heavy atom. The normalized spacial score (nSPS) is 21.4. The van der Waals surface area contributed by atoms with Crippen molar-refractivity contribution in [3.05, 3.63) is 21.3 Å². The van der Waals surface area contributed by atoms with Gasteiger partial charge >= 0.3 is 12.1 Å². The molecule has 2 heterocycles. The number of amides is 1. The van der Waals surface area contributed by atoms with Crippen LogP contribution in [0.1, 0.15) is 37.1 Å². The third-order valence-electron chi connectivity index (χ3n) is 2.98. The van der Waals surface area contributed by atoms with Crippen LogP contribution in [0.3, 0.4) is 0 Å². The first-order valence-electron chi connectivity index (χ1n) is 6.48. The molecule has 1 aromatic rings. The highest BCUT2D eigenvalue weighted by atomic mass is 35.5. The maximum absolute atomic E-state index is 11.4. The van der Waals surface area contributed by atoms with E-state index in [1.807, 2.05) is 6.07 Å². The van der Waals surface area contributed by atoms with E-state index in [2.05, 4.69) is 5.32 Å². The largest absolute Gasteiger partial charge is 0.466 e. The number of nitrogens with one attached hydrogen (secondary N) is 1. The van der Waals surface area contributed by atoms with Gasteiger partial charge in [-0.25, -0.2) is 4.79 Å². The zero-order valence-corrected chi connectivity index (χ0v) is 12.6. The molecule has 2 unspecified atom stereocenters. The van der Waals surface area contributed by atoms with Gasteiger partial charge in [0.1, 0.15) is 12.1 Å². The van der Waals surface area contributed by atoms with E-state index in [0.717, 1.165) is 4.88 Å². The van der Waals surface area contributed by atoms with Gasteiger partial charge in [0, 0.05) is 11.3 Å². The fourth-order valence-electron chi connectivity index (χ4n) is 2.12. The fourth-order valence-corrected chi connectivity index (χ4v) is 3.28. The fraction of sp³-hybridized carbons (Fsp3) is 0.538. The first-order valence-corrected chi connectivity index (χ1v) is 7.67. The molecule has 1 saturated heterocycles. The number of hydrogen-bond donors (Lipinski definition) is 1. The van der Waals surface area contributed by atoms with Crippen molar-refractivity contribution in [2.45, 2.75) is 38.3 Å². The number of cyclic esters (lactones) is 1. The Labute approximate surface area is 126 Å². The topological polar surface area (TPSA) is 64.6 Å². The second-order valence-corrected chi connectivity index (χ2v) is 6.15. The maximum atomic E-state index is 11.4. The van der Waals surface area contributed by atoms with Crippen LogP contribution < -0.4 is 5.32 Å². The van der Waals surface area contributed by atoms with Gasteiger partial charge in [0.2, 0.25) is 0 Å². The highest BCUT2D eigenvalue weighted by molar-refractivity contribution is 7.16. The van der Waals surface area contributed by atoms with Crippen LogP contribution in [-0.4, -0.2) is 24.8 Å². The first kappa shape index (κ1) is 15.1. The van der Waals surface area contributed by atoms with Crippen molar-refractivity contribution in [2.75, 3.05) is 6.61 Å². The van der Waals surface area contributed by atoms with Crippen molar-refractivity contribution < 1.29 is 19.1 Å². The average Bonchev–Trinajstić information content (AvgIpc) is 2.96. The highest BCUT2D eigenvalue weighted by Gasteiger charge is 2.35. The van der Waals surface area contributed by atoms with Crippen LogP contribution in [0.15, 0.2) is 12.1 Å². The molecule has 5 nitrogen and oxygen atoms in total. The SMILES string of the molecule is CCOC(=O)CCCC1OC(=O)NC1c1ccc(Cl)s1. The summed E-state index contributed by atoms with van der Waals surface area (Å²) in [6.45, 7) is 2.16. The monoisotopic (exact) mass is 317 g/mol. The van der Waals surface area contributed by atoms with Crippen LogP contribution in [0.2, 0.25) is 4.34 Å². The van der Waals surface area contributed by atoms with Gasteiger partial charge in [-0.05, 0) is 31.9 Å². The molecule has 7 heteroatoms. The van der Waals surface area contributed by atoms with Crippen molar-refractivity contribution in [1.29, 1.82) is 0 Å². The maximum Gasteiger partial charge on any atom is 0.408 e. The van der Waals surface area contributed by atoms with Crippen molar-refractivity contribution in [2.24, 2.45) is 0 Å². The summed E-state index contributed by atoms with van der Waals surface area (Å²) in [5.41, 5.74) is 0. The molecule has 0 aliphatic carbocycles. The second kappa shape index (κ2) is 6.95. The van der Waals surface area contributed by atoms with Crippen molar-refractivity contribution in [1.82, 2.24) is 5.32 Å².